The molecule has 90 valence electrons. The molecule has 0 aliphatic carbocycles. The molecule has 0 amide bonds. The van der Waals surface area contributed by atoms with Crippen LogP contribution in [0.2, 0.25) is 0 Å². The summed E-state index contributed by atoms with van der Waals surface area (Å²) < 4.78 is 37.2. The monoisotopic (exact) mass is 244 g/mol. The van der Waals surface area contributed by atoms with Crippen molar-refractivity contribution < 1.29 is 23.1 Å². The van der Waals surface area contributed by atoms with Gasteiger partial charge in [-0.3, -0.25) is 4.79 Å². The van der Waals surface area contributed by atoms with Gasteiger partial charge >= 0.3 is 12.1 Å². The van der Waals surface area contributed by atoms with E-state index >= 15 is 0 Å². The number of nitrogens with zero attached hydrogens (tertiary/aromatic N) is 1. The Morgan fingerprint density at radius 2 is 2.12 bits per heavy atom. The number of carboxylic acids is 1. The van der Waals surface area contributed by atoms with Crippen LogP contribution in [0.4, 0.5) is 13.2 Å². The zero-order valence-electron chi connectivity index (χ0n) is 8.38. The van der Waals surface area contributed by atoms with E-state index in [1.165, 1.54) is 6.07 Å². The van der Waals surface area contributed by atoms with Crippen molar-refractivity contribution in [3.8, 4) is 0 Å². The third-order valence-electron chi connectivity index (χ3n) is 2.18. The fraction of sp³-hybridized carbons (Fsp3) is 0.200. The van der Waals surface area contributed by atoms with Gasteiger partial charge in [0.1, 0.15) is 12.2 Å². The normalized spacial score (nSPS) is 11.9. The molecule has 0 saturated heterocycles. The number of hydrogen-bond acceptors (Lipinski definition) is 2. The molecule has 0 aliphatic heterocycles. The minimum atomic E-state index is -4.43. The fourth-order valence-corrected chi connectivity index (χ4v) is 1.46. The van der Waals surface area contributed by atoms with E-state index in [1.54, 1.807) is 0 Å². The number of H-pyrrole nitrogens is 1. The second kappa shape index (κ2) is 3.76. The van der Waals surface area contributed by atoms with Gasteiger partial charge in [0, 0.05) is 0 Å². The average molecular weight is 244 g/mol. The summed E-state index contributed by atoms with van der Waals surface area (Å²) in [6, 6.07) is 3.04. The van der Waals surface area contributed by atoms with E-state index in [2.05, 4.69) is 9.97 Å². The summed E-state index contributed by atoms with van der Waals surface area (Å²) in [6.45, 7) is 0. The molecule has 7 heteroatoms. The van der Waals surface area contributed by atoms with Crippen molar-refractivity contribution in [2.45, 2.75) is 12.6 Å². The lowest BCUT2D eigenvalue weighted by Crippen LogP contribution is -2.04. The minimum absolute atomic E-state index is 0.107. The maximum absolute atomic E-state index is 12.4. The van der Waals surface area contributed by atoms with Crippen LogP contribution in [-0.4, -0.2) is 21.0 Å². The van der Waals surface area contributed by atoms with Crippen LogP contribution in [0.25, 0.3) is 11.0 Å². The molecule has 1 aromatic heterocycles. The van der Waals surface area contributed by atoms with E-state index in [1.807, 2.05) is 0 Å². The number of aromatic nitrogens is 2. The second-order valence-electron chi connectivity index (χ2n) is 3.48. The van der Waals surface area contributed by atoms with Crippen LogP contribution in [0.3, 0.4) is 0 Å². The quantitative estimate of drug-likeness (QED) is 0.851. The minimum Gasteiger partial charge on any atom is -0.481 e. The van der Waals surface area contributed by atoms with Crippen molar-refractivity contribution in [3.63, 3.8) is 0 Å². The SMILES string of the molecule is O=C(O)Cc1nc2cc(C(F)(F)F)ccc2[nH]1. The molecule has 2 rings (SSSR count). The zero-order valence-corrected chi connectivity index (χ0v) is 8.38. The molecule has 0 spiro atoms. The van der Waals surface area contributed by atoms with Gasteiger partial charge in [-0.1, -0.05) is 0 Å². The van der Waals surface area contributed by atoms with E-state index in [0.29, 0.717) is 5.52 Å². The molecule has 17 heavy (non-hydrogen) atoms. The summed E-state index contributed by atoms with van der Waals surface area (Å²) in [4.78, 5) is 16.9. The van der Waals surface area contributed by atoms with Gasteiger partial charge in [-0.2, -0.15) is 13.2 Å². The van der Waals surface area contributed by atoms with Gasteiger partial charge in [0.15, 0.2) is 0 Å². The van der Waals surface area contributed by atoms with Gasteiger partial charge in [-0.15, -0.1) is 0 Å². The average Bonchev–Trinajstić information content (AvgIpc) is 2.55. The van der Waals surface area contributed by atoms with Gasteiger partial charge in [-0.05, 0) is 18.2 Å². The van der Waals surface area contributed by atoms with Gasteiger partial charge in [0.05, 0.1) is 16.6 Å². The highest BCUT2D eigenvalue weighted by Crippen LogP contribution is 2.30. The third-order valence-corrected chi connectivity index (χ3v) is 2.18. The van der Waals surface area contributed by atoms with E-state index in [-0.39, 0.29) is 17.8 Å². The molecule has 0 unspecified atom stereocenters. The summed E-state index contributed by atoms with van der Waals surface area (Å²) >= 11 is 0. The van der Waals surface area contributed by atoms with E-state index in [0.717, 1.165) is 12.1 Å². The first-order chi connectivity index (χ1) is 7.86. The number of aromatic amines is 1. The molecule has 1 aromatic carbocycles. The molecular formula is C10H7F3N2O2. The summed E-state index contributed by atoms with van der Waals surface area (Å²) in [5, 5.41) is 8.54. The van der Waals surface area contributed by atoms with Crippen molar-refractivity contribution >= 4 is 17.0 Å². The van der Waals surface area contributed by atoms with Crippen molar-refractivity contribution in [1.29, 1.82) is 0 Å². The molecule has 0 radical (unpaired) electrons. The number of nitrogens with one attached hydrogen (secondary N) is 1. The van der Waals surface area contributed by atoms with Gasteiger partial charge in [-0.25, -0.2) is 4.98 Å². The van der Waals surface area contributed by atoms with Gasteiger partial charge in [0.2, 0.25) is 0 Å². The van der Waals surface area contributed by atoms with E-state index in [4.69, 9.17) is 5.11 Å². The van der Waals surface area contributed by atoms with Gasteiger partial charge < -0.3 is 10.1 Å². The van der Waals surface area contributed by atoms with E-state index in [9.17, 15) is 18.0 Å². The number of benzene rings is 1. The lowest BCUT2D eigenvalue weighted by molar-refractivity contribution is -0.138. The first-order valence-electron chi connectivity index (χ1n) is 4.64. The standard InChI is InChI=1S/C10H7F3N2O2/c11-10(12,13)5-1-2-6-7(3-5)15-8(14-6)4-9(16)17/h1-3H,4H2,(H,14,15)(H,16,17). The predicted molar refractivity (Wildman–Crippen MR) is 52.4 cm³/mol. The lowest BCUT2D eigenvalue weighted by Gasteiger charge is -2.04. The molecule has 0 saturated carbocycles. The topological polar surface area (TPSA) is 66.0 Å². The molecule has 2 N–H and O–H groups in total. The molecule has 2 aromatic rings. The number of aliphatic carboxylic acids is 1. The van der Waals surface area contributed by atoms with Crippen molar-refractivity contribution in [2.75, 3.05) is 0 Å². The third kappa shape index (κ3) is 2.38. The van der Waals surface area contributed by atoms with Crippen LogP contribution in [0.15, 0.2) is 18.2 Å². The van der Waals surface area contributed by atoms with E-state index < -0.39 is 17.7 Å². The molecule has 0 aliphatic rings. The first kappa shape index (κ1) is 11.4. The van der Waals surface area contributed by atoms with Gasteiger partial charge in [0.25, 0.3) is 0 Å². The van der Waals surface area contributed by atoms with Crippen LogP contribution in [0.5, 0.6) is 0 Å². The van der Waals surface area contributed by atoms with Crippen molar-refractivity contribution in [3.05, 3.63) is 29.6 Å². The molecule has 0 bridgehead atoms. The number of carbonyl (C=O) groups is 1. The number of halogens is 3. The smallest absolute Gasteiger partial charge is 0.416 e. The number of carboxylic acid groups (broad SMARTS) is 1. The summed E-state index contributed by atoms with van der Waals surface area (Å²) in [5.74, 6) is -0.966. The van der Waals surface area contributed by atoms with Crippen LogP contribution >= 0.6 is 0 Å². The first-order valence-corrected chi connectivity index (χ1v) is 4.64. The molecule has 1 heterocycles. The molecule has 4 nitrogen and oxygen atoms in total. The molecular weight excluding hydrogens is 237 g/mol. The second-order valence-corrected chi connectivity index (χ2v) is 3.48. The Balaban J connectivity index is 2.44. The zero-order chi connectivity index (χ0) is 12.6. The lowest BCUT2D eigenvalue weighted by atomic mass is 10.2. The highest BCUT2D eigenvalue weighted by atomic mass is 19.4. The number of alkyl halides is 3. The number of rotatable bonds is 2. The van der Waals surface area contributed by atoms with Crippen LogP contribution < -0.4 is 0 Å². The Bertz CT molecular complexity index is 574. The highest BCUT2D eigenvalue weighted by molar-refractivity contribution is 5.77. The Kier molecular flexibility index (Phi) is 2.53. The number of fused-ring (bicyclic) bond motifs is 1. The Hall–Kier alpha value is -2.05. The molecule has 0 fully saturated rings. The van der Waals surface area contributed by atoms with Crippen LogP contribution in [0.1, 0.15) is 11.4 Å². The largest absolute Gasteiger partial charge is 0.481 e. The Labute approximate surface area is 93.1 Å². The predicted octanol–water partition coefficient (Wildman–Crippen LogP) is 2.21. The summed E-state index contributed by atoms with van der Waals surface area (Å²) in [7, 11) is 0. The maximum Gasteiger partial charge on any atom is 0.416 e. The molecule has 0 atom stereocenters. The number of imidazole rings is 1. The van der Waals surface area contributed by atoms with Crippen molar-refractivity contribution in [1.82, 2.24) is 9.97 Å². The van der Waals surface area contributed by atoms with Crippen LogP contribution in [0, 0.1) is 0 Å². The maximum atomic E-state index is 12.4. The van der Waals surface area contributed by atoms with Crippen LogP contribution in [-0.2, 0) is 17.4 Å². The Morgan fingerprint density at radius 3 is 2.71 bits per heavy atom. The number of hydrogen-bond donors (Lipinski definition) is 2. The summed E-state index contributed by atoms with van der Waals surface area (Å²) in [6.07, 6.45) is -4.78. The Morgan fingerprint density at radius 1 is 1.41 bits per heavy atom. The van der Waals surface area contributed by atoms with Crippen molar-refractivity contribution in [2.24, 2.45) is 0 Å². The highest BCUT2D eigenvalue weighted by Gasteiger charge is 2.30. The summed E-state index contributed by atoms with van der Waals surface area (Å²) in [5.41, 5.74) is -0.316. The fourth-order valence-electron chi connectivity index (χ4n) is 1.46.